The summed E-state index contributed by atoms with van der Waals surface area (Å²) in [6.07, 6.45) is -1.34. The zero-order chi connectivity index (χ0) is 65.3. The first-order valence-electron chi connectivity index (χ1n) is 31.0. The number of aliphatic hydroxyl groups is 2. The van der Waals surface area contributed by atoms with Crippen molar-refractivity contribution in [2.45, 2.75) is 305 Å². The average molecular weight is 1260 g/mol. The largest absolute Gasteiger partial charge is 0.444 e. The highest BCUT2D eigenvalue weighted by Crippen LogP contribution is 2.50. The number of halogens is 10. The van der Waals surface area contributed by atoms with Crippen molar-refractivity contribution in [3.8, 4) is 0 Å². The summed E-state index contributed by atoms with van der Waals surface area (Å²) in [5, 5.41) is 23.0. The van der Waals surface area contributed by atoms with Gasteiger partial charge < -0.3 is 46.5 Å². The fourth-order valence-corrected chi connectivity index (χ4v) is 12.2. The van der Waals surface area contributed by atoms with Gasteiger partial charge in [-0.3, -0.25) is 24.5 Å². The van der Waals surface area contributed by atoms with E-state index < -0.39 is 107 Å². The Morgan fingerprint density at radius 3 is 1.28 bits per heavy atom. The molecule has 0 radical (unpaired) electrons. The molecule has 0 bridgehead atoms. The number of carbonyl (C=O) groups excluding carboxylic acids is 3. The van der Waals surface area contributed by atoms with Crippen LogP contribution in [0.25, 0.3) is 0 Å². The number of amides is 3. The van der Waals surface area contributed by atoms with Gasteiger partial charge in [0.05, 0.1) is 18.1 Å². The molecule has 17 nitrogen and oxygen atoms in total. The molecule has 8 N–H and O–H groups in total. The van der Waals surface area contributed by atoms with Crippen LogP contribution in [0.1, 0.15) is 186 Å². The summed E-state index contributed by atoms with van der Waals surface area (Å²) in [7, 11) is 0. The molecule has 504 valence electrons. The summed E-state index contributed by atoms with van der Waals surface area (Å²) in [6, 6.07) is -4.58. The van der Waals surface area contributed by atoms with Gasteiger partial charge in [0.25, 0.3) is 29.6 Å². The predicted molar refractivity (Wildman–Crippen MR) is 308 cm³/mol. The van der Waals surface area contributed by atoms with Gasteiger partial charge >= 0.3 is 18.3 Å². The molecule has 5 saturated carbocycles. The number of hydrogen-bond donors (Lipinski definition) is 6. The number of piperazine rings is 2. The number of aliphatic hydroxyl groups excluding tert-OH is 2. The molecule has 3 aliphatic heterocycles. The first kappa shape index (κ1) is 75.2. The van der Waals surface area contributed by atoms with Crippen LogP contribution in [-0.4, -0.2) is 224 Å². The highest BCUT2D eigenvalue weighted by Gasteiger charge is 2.66. The lowest BCUT2D eigenvalue weighted by Gasteiger charge is -2.47. The molecule has 10 atom stereocenters. The second-order valence-electron chi connectivity index (χ2n) is 28.1. The normalized spacial score (nSPS) is 31.9. The SMILES string of the molecule is CC(C)(C)OC(=O)N1C2CCCC(F)(F)C21.CC(C)(C)OC(=O)N[C@H]1CCCC(F)(F)[C@@H]1O.CC(C)N1CCN(C2CCCC(F)(F)[C@@H]2NC(=O)OC(C)(C)C)CC1.CC(C)N1CCN([C@H]2CCCC(F)(F)[C@@H]2N)CC1.N[C@H]1CCCC(F)(F)[C@@H]1O. The van der Waals surface area contributed by atoms with Crippen LogP contribution >= 0.6 is 0 Å². The Bertz CT molecular complexity index is 2120. The summed E-state index contributed by atoms with van der Waals surface area (Å²) in [5.41, 5.74) is 8.98. The maximum absolute atomic E-state index is 14.6. The van der Waals surface area contributed by atoms with Crippen molar-refractivity contribution < 1.29 is 82.7 Å². The van der Waals surface area contributed by atoms with E-state index in [1.807, 2.05) is 0 Å². The highest BCUT2D eigenvalue weighted by atomic mass is 19.3. The van der Waals surface area contributed by atoms with E-state index in [4.69, 9.17) is 30.8 Å². The number of alkyl halides is 10. The second kappa shape index (κ2) is 30.3. The number of ether oxygens (including phenoxy) is 3. The molecule has 3 unspecified atom stereocenters. The van der Waals surface area contributed by atoms with Crippen LogP contribution < -0.4 is 22.1 Å². The molecule has 3 amide bonds. The van der Waals surface area contributed by atoms with Gasteiger partial charge in [-0.2, -0.15) is 0 Å². The van der Waals surface area contributed by atoms with Crippen molar-refractivity contribution in [2.24, 2.45) is 11.5 Å². The van der Waals surface area contributed by atoms with Gasteiger partial charge in [-0.25, -0.2) is 58.3 Å². The van der Waals surface area contributed by atoms with Gasteiger partial charge in [-0.1, -0.05) is 0 Å². The Labute approximate surface area is 504 Å². The van der Waals surface area contributed by atoms with Gasteiger partial charge in [0, 0.05) is 115 Å². The predicted octanol–water partition coefficient (Wildman–Crippen LogP) is 9.97. The lowest BCUT2D eigenvalue weighted by atomic mass is 9.85. The third-order valence-corrected chi connectivity index (χ3v) is 16.9. The molecule has 0 aromatic heterocycles. The molecule has 3 saturated heterocycles. The molecule has 86 heavy (non-hydrogen) atoms. The number of nitrogens with zero attached hydrogens (tertiary/aromatic N) is 5. The zero-order valence-corrected chi connectivity index (χ0v) is 53.2. The topological polar surface area (TPSA) is 211 Å². The van der Waals surface area contributed by atoms with Crippen LogP contribution in [0, 0.1) is 0 Å². The highest BCUT2D eigenvalue weighted by molar-refractivity contribution is 5.73. The molecule has 8 aliphatic rings. The van der Waals surface area contributed by atoms with E-state index in [0.29, 0.717) is 63.5 Å². The van der Waals surface area contributed by atoms with Crippen molar-refractivity contribution in [2.75, 3.05) is 52.4 Å². The first-order valence-corrected chi connectivity index (χ1v) is 31.0. The number of fused-ring (bicyclic) bond motifs is 1. The van der Waals surface area contributed by atoms with Crippen molar-refractivity contribution in [1.29, 1.82) is 0 Å². The number of alkyl carbamates (subject to hydrolysis) is 2. The van der Waals surface area contributed by atoms with Crippen LogP contribution in [-0.2, 0) is 14.2 Å². The van der Waals surface area contributed by atoms with E-state index in [2.05, 4.69) is 57.9 Å². The van der Waals surface area contributed by atoms with E-state index in [9.17, 15) is 63.4 Å². The number of hydrogen-bond acceptors (Lipinski definition) is 14. The minimum atomic E-state index is -3.14. The standard InChI is InChI=1S/C18H33F2N3O2.C13H25F2N3.C11H19F2NO3.C11H17F2NO2.C6H11F2NO/c1-13(2)22-9-11-23(12-10-22)14-7-6-8-18(19,20)15(14)21-16(24)25-17(3,4)5;1-10(2)17-6-8-18(9-7-17)11-4-3-5-13(14,15)12(11)16;1-10(2,3)17-9(16)14-7-5-4-6-11(12,13)8(7)15;1-10(2,3)16-9(15)14-7-5-4-6-11(12,13)8(7)14;7-6(8)3-1-2-4(9)5(6)10/h13-15H,6-12H2,1-5H3,(H,21,24);10-12H,3-9,16H2,1-2H3;7-8,15H,4-6H2,1-3H3,(H,14,16);7-8H,4-6H2,1-3H3;4-5,10H,1-3,9H2/t14?,15-;11-,12+;7-,8+;;4-,5+/m100.0/s1. The van der Waals surface area contributed by atoms with E-state index in [1.165, 1.54) is 4.90 Å². The number of carbonyl (C=O) groups is 3. The Hall–Kier alpha value is -3.21. The molecule has 0 spiro atoms. The molecule has 8 fully saturated rings. The van der Waals surface area contributed by atoms with E-state index in [0.717, 1.165) is 58.8 Å². The van der Waals surface area contributed by atoms with Crippen molar-refractivity contribution in [3.05, 3.63) is 0 Å². The molecular weight excluding hydrogens is 1150 g/mol. The van der Waals surface area contributed by atoms with Crippen LogP contribution in [0.4, 0.5) is 58.3 Å². The van der Waals surface area contributed by atoms with E-state index >= 15 is 0 Å². The summed E-state index contributed by atoms with van der Waals surface area (Å²) >= 11 is 0. The fraction of sp³-hybridized carbons (Fsp3) is 0.949. The molecule has 8 rings (SSSR count). The minimum absolute atomic E-state index is 0.0450. The monoisotopic (exact) mass is 1260 g/mol. The number of likely N-dealkylation sites (tertiary alicyclic amines) is 1. The lowest BCUT2D eigenvalue weighted by molar-refractivity contribution is -0.142. The Balaban J connectivity index is 0.000000236. The van der Waals surface area contributed by atoms with E-state index in [-0.39, 0.29) is 56.7 Å². The maximum atomic E-state index is 14.6. The molecular formula is C59H105F10N9O8. The third kappa shape index (κ3) is 22.6. The summed E-state index contributed by atoms with van der Waals surface area (Å²) in [6.45, 7) is 31.0. The smallest absolute Gasteiger partial charge is 0.411 e. The van der Waals surface area contributed by atoms with Crippen molar-refractivity contribution in [1.82, 2.24) is 35.1 Å². The lowest BCUT2D eigenvalue weighted by Crippen LogP contribution is -2.64. The van der Waals surface area contributed by atoms with Crippen molar-refractivity contribution in [3.63, 3.8) is 0 Å². The average Bonchev–Trinajstić information content (AvgIpc) is 1.58. The summed E-state index contributed by atoms with van der Waals surface area (Å²) < 4.78 is 150. The Morgan fingerprint density at radius 2 is 0.849 bits per heavy atom. The van der Waals surface area contributed by atoms with Crippen LogP contribution in [0.2, 0.25) is 0 Å². The first-order chi connectivity index (χ1) is 39.3. The molecule has 27 heteroatoms. The second-order valence-corrected chi connectivity index (χ2v) is 28.1. The van der Waals surface area contributed by atoms with Crippen LogP contribution in [0.3, 0.4) is 0 Å². The number of nitrogens with one attached hydrogen (secondary N) is 2. The molecule has 5 aliphatic carbocycles. The summed E-state index contributed by atoms with van der Waals surface area (Å²) in [5.74, 6) is -14.4. The zero-order valence-electron chi connectivity index (χ0n) is 53.2. The van der Waals surface area contributed by atoms with Gasteiger partial charge in [-0.05, 0) is 154 Å². The Kier molecular flexibility index (Phi) is 26.5. The number of rotatable bonds is 6. The maximum Gasteiger partial charge on any atom is 0.411 e. The molecule has 0 aromatic rings. The van der Waals surface area contributed by atoms with Crippen molar-refractivity contribution >= 4 is 18.3 Å². The third-order valence-electron chi connectivity index (χ3n) is 16.9. The number of nitrogens with two attached hydrogens (primary N) is 2. The van der Waals surface area contributed by atoms with Gasteiger partial charge in [0.1, 0.15) is 41.1 Å². The Morgan fingerprint density at radius 1 is 0.477 bits per heavy atom. The molecule has 0 aromatic carbocycles. The fourth-order valence-electron chi connectivity index (χ4n) is 12.2. The summed E-state index contributed by atoms with van der Waals surface area (Å²) in [4.78, 5) is 45.4. The van der Waals surface area contributed by atoms with Gasteiger partial charge in [0.2, 0.25) is 0 Å². The van der Waals surface area contributed by atoms with E-state index in [1.54, 1.807) is 62.3 Å². The van der Waals surface area contributed by atoms with Gasteiger partial charge in [-0.15, -0.1) is 0 Å². The van der Waals surface area contributed by atoms with Crippen LogP contribution in [0.5, 0.6) is 0 Å². The minimum Gasteiger partial charge on any atom is -0.444 e. The van der Waals surface area contributed by atoms with Crippen LogP contribution in [0.15, 0.2) is 0 Å². The van der Waals surface area contributed by atoms with Gasteiger partial charge in [0.15, 0.2) is 0 Å². The quantitative estimate of drug-likeness (QED) is 0.0831. The molecule has 3 heterocycles.